The molecule has 4 nitrogen and oxygen atoms in total. The molecule has 0 atom stereocenters. The molecule has 2 N–H and O–H groups in total. The van der Waals surface area contributed by atoms with Crippen LogP contribution in [0.15, 0.2) is 24.5 Å². The minimum Gasteiger partial charge on any atom is -0.368 e. The van der Waals surface area contributed by atoms with Gasteiger partial charge >= 0.3 is 0 Å². The predicted octanol–water partition coefficient (Wildman–Crippen LogP) is 1.44. The van der Waals surface area contributed by atoms with Gasteiger partial charge in [0.2, 0.25) is 0 Å². The summed E-state index contributed by atoms with van der Waals surface area (Å²) >= 11 is 0. The number of nitrogens with zero attached hydrogens (tertiary/aromatic N) is 2. The van der Waals surface area contributed by atoms with Crippen molar-refractivity contribution in [2.75, 3.05) is 11.9 Å². The van der Waals surface area contributed by atoms with Crippen molar-refractivity contribution in [2.24, 2.45) is 0 Å². The Morgan fingerprint density at radius 1 is 1.36 bits per heavy atom. The average molecular weight is 186 g/mol. The van der Waals surface area contributed by atoms with Crippen molar-refractivity contribution in [2.45, 2.75) is 6.42 Å². The summed E-state index contributed by atoms with van der Waals surface area (Å²) in [6.45, 7) is 0.986. The summed E-state index contributed by atoms with van der Waals surface area (Å²) in [6.07, 6.45) is 4.67. The Hall–Kier alpha value is -1.84. The van der Waals surface area contributed by atoms with E-state index in [9.17, 15) is 0 Å². The van der Waals surface area contributed by atoms with Crippen LogP contribution in [0.5, 0.6) is 0 Å². The Morgan fingerprint density at radius 3 is 3.21 bits per heavy atom. The van der Waals surface area contributed by atoms with Crippen molar-refractivity contribution in [1.29, 1.82) is 0 Å². The van der Waals surface area contributed by atoms with Gasteiger partial charge in [-0.3, -0.25) is 10.1 Å². The van der Waals surface area contributed by atoms with Crippen LogP contribution in [0.1, 0.15) is 5.56 Å². The molecule has 1 aliphatic heterocycles. The van der Waals surface area contributed by atoms with E-state index in [0.717, 1.165) is 30.0 Å². The Bertz CT molecular complexity index is 446. The third-order valence-corrected chi connectivity index (χ3v) is 2.48. The highest BCUT2D eigenvalue weighted by molar-refractivity contribution is 5.69. The number of nitrogens with one attached hydrogen (secondary N) is 2. The van der Waals surface area contributed by atoms with Gasteiger partial charge in [-0.15, -0.1) is 0 Å². The molecule has 0 radical (unpaired) electrons. The first-order chi connectivity index (χ1) is 6.95. The molecular weight excluding hydrogens is 176 g/mol. The van der Waals surface area contributed by atoms with Gasteiger partial charge in [-0.25, -0.2) is 0 Å². The summed E-state index contributed by atoms with van der Waals surface area (Å²) < 4.78 is 0. The van der Waals surface area contributed by atoms with Crippen LogP contribution in [0.25, 0.3) is 11.3 Å². The molecule has 0 saturated heterocycles. The summed E-state index contributed by atoms with van der Waals surface area (Å²) in [5, 5.41) is 10.5. The fourth-order valence-electron chi connectivity index (χ4n) is 1.81. The van der Waals surface area contributed by atoms with Crippen molar-refractivity contribution in [1.82, 2.24) is 15.2 Å². The Labute approximate surface area is 81.4 Å². The zero-order chi connectivity index (χ0) is 9.38. The lowest BCUT2D eigenvalue weighted by atomic mass is 10.1. The van der Waals surface area contributed by atoms with Crippen LogP contribution in [0.2, 0.25) is 0 Å². The molecule has 3 heterocycles. The molecule has 70 valence electrons. The number of hydrogen-bond acceptors (Lipinski definition) is 3. The van der Waals surface area contributed by atoms with Gasteiger partial charge in [0.05, 0.1) is 5.69 Å². The van der Waals surface area contributed by atoms with E-state index in [4.69, 9.17) is 0 Å². The molecule has 0 aliphatic carbocycles. The van der Waals surface area contributed by atoms with Crippen molar-refractivity contribution in [3.63, 3.8) is 0 Å². The van der Waals surface area contributed by atoms with Gasteiger partial charge in [0.1, 0.15) is 0 Å². The summed E-state index contributed by atoms with van der Waals surface area (Å²) in [4.78, 5) is 4.10. The third kappa shape index (κ3) is 1.00. The fourth-order valence-corrected chi connectivity index (χ4v) is 1.81. The monoisotopic (exact) mass is 186 g/mol. The lowest BCUT2D eigenvalue weighted by Gasteiger charge is -1.97. The second-order valence-corrected chi connectivity index (χ2v) is 3.34. The Morgan fingerprint density at radius 2 is 2.36 bits per heavy atom. The summed E-state index contributed by atoms with van der Waals surface area (Å²) in [5.41, 5.74) is 3.47. The maximum absolute atomic E-state index is 4.21. The van der Waals surface area contributed by atoms with Crippen LogP contribution in [0, 0.1) is 0 Å². The van der Waals surface area contributed by atoms with Crippen LogP contribution >= 0.6 is 0 Å². The van der Waals surface area contributed by atoms with E-state index in [1.54, 1.807) is 6.20 Å². The quantitative estimate of drug-likeness (QED) is 0.708. The fraction of sp³-hybridized carbons (Fsp3) is 0.200. The molecule has 0 aromatic carbocycles. The van der Waals surface area contributed by atoms with Crippen LogP contribution in [-0.2, 0) is 6.42 Å². The topological polar surface area (TPSA) is 53.6 Å². The number of H-pyrrole nitrogens is 1. The molecule has 0 amide bonds. The van der Waals surface area contributed by atoms with Gasteiger partial charge in [-0.2, -0.15) is 5.10 Å². The van der Waals surface area contributed by atoms with Gasteiger partial charge < -0.3 is 5.32 Å². The van der Waals surface area contributed by atoms with E-state index in [0.29, 0.717) is 0 Å². The molecule has 0 unspecified atom stereocenters. The summed E-state index contributed by atoms with van der Waals surface area (Å²) in [6, 6.07) is 3.98. The molecule has 2 aromatic rings. The number of pyridine rings is 1. The second kappa shape index (κ2) is 2.83. The van der Waals surface area contributed by atoms with Crippen LogP contribution in [0.3, 0.4) is 0 Å². The first-order valence-electron chi connectivity index (χ1n) is 4.66. The van der Waals surface area contributed by atoms with Gasteiger partial charge in [-0.05, 0) is 18.6 Å². The van der Waals surface area contributed by atoms with E-state index < -0.39 is 0 Å². The van der Waals surface area contributed by atoms with E-state index >= 15 is 0 Å². The minimum absolute atomic E-state index is 0.986. The van der Waals surface area contributed by atoms with Gasteiger partial charge in [0.25, 0.3) is 0 Å². The molecule has 1 aliphatic rings. The van der Waals surface area contributed by atoms with E-state index in [-0.39, 0.29) is 0 Å². The third-order valence-electron chi connectivity index (χ3n) is 2.48. The number of rotatable bonds is 1. The zero-order valence-electron chi connectivity index (χ0n) is 7.62. The van der Waals surface area contributed by atoms with Crippen molar-refractivity contribution in [3.05, 3.63) is 30.1 Å². The maximum Gasteiger partial charge on any atom is 0.151 e. The molecule has 3 rings (SSSR count). The first kappa shape index (κ1) is 7.55. The number of aromatic amines is 1. The zero-order valence-corrected chi connectivity index (χ0v) is 7.62. The smallest absolute Gasteiger partial charge is 0.151 e. The molecule has 4 heteroatoms. The van der Waals surface area contributed by atoms with Gasteiger partial charge in [0, 0.05) is 30.1 Å². The van der Waals surface area contributed by atoms with Crippen LogP contribution < -0.4 is 5.32 Å². The Balaban J connectivity index is 2.13. The SMILES string of the molecule is c1cncc(-c2[nH]nc3c2CCN3)c1. The van der Waals surface area contributed by atoms with Crippen LogP contribution in [0.4, 0.5) is 5.82 Å². The molecule has 0 fully saturated rings. The van der Waals surface area contributed by atoms with Crippen molar-refractivity contribution >= 4 is 5.82 Å². The van der Waals surface area contributed by atoms with E-state index in [1.807, 2.05) is 18.3 Å². The van der Waals surface area contributed by atoms with Crippen molar-refractivity contribution < 1.29 is 0 Å². The highest BCUT2D eigenvalue weighted by Crippen LogP contribution is 2.29. The van der Waals surface area contributed by atoms with Crippen LogP contribution in [-0.4, -0.2) is 21.7 Å². The normalized spacial score (nSPS) is 13.7. The standard InChI is InChI=1S/C10H10N4/c1-2-7(6-11-4-1)9-8-3-5-12-10(8)14-13-9/h1-2,4,6H,3,5H2,(H2,12,13,14). The maximum atomic E-state index is 4.21. The highest BCUT2D eigenvalue weighted by Gasteiger charge is 2.18. The second-order valence-electron chi connectivity index (χ2n) is 3.34. The lowest BCUT2D eigenvalue weighted by Crippen LogP contribution is -1.94. The number of aromatic nitrogens is 3. The number of hydrogen-bond donors (Lipinski definition) is 2. The van der Waals surface area contributed by atoms with Gasteiger partial charge in [-0.1, -0.05) is 0 Å². The molecular formula is C10H10N4. The van der Waals surface area contributed by atoms with Crippen molar-refractivity contribution in [3.8, 4) is 11.3 Å². The summed E-state index contributed by atoms with van der Waals surface area (Å²) in [7, 11) is 0. The first-order valence-corrected chi connectivity index (χ1v) is 4.66. The van der Waals surface area contributed by atoms with E-state index in [2.05, 4.69) is 20.5 Å². The largest absolute Gasteiger partial charge is 0.368 e. The molecule has 14 heavy (non-hydrogen) atoms. The number of fused-ring (bicyclic) bond motifs is 1. The molecule has 2 aromatic heterocycles. The summed E-state index contributed by atoms with van der Waals surface area (Å²) in [5.74, 6) is 0.990. The molecule has 0 spiro atoms. The number of anilines is 1. The molecule has 0 bridgehead atoms. The predicted molar refractivity (Wildman–Crippen MR) is 54.0 cm³/mol. The Kier molecular flexibility index (Phi) is 1.53. The highest BCUT2D eigenvalue weighted by atomic mass is 15.2. The van der Waals surface area contributed by atoms with E-state index in [1.165, 1.54) is 5.56 Å². The molecule has 0 saturated carbocycles. The average Bonchev–Trinajstić information content (AvgIpc) is 2.79. The lowest BCUT2D eigenvalue weighted by molar-refractivity contribution is 1.04. The van der Waals surface area contributed by atoms with Gasteiger partial charge in [0.15, 0.2) is 5.82 Å². The minimum atomic E-state index is 0.986.